The minimum atomic E-state index is -0.688. The van der Waals surface area contributed by atoms with Gasteiger partial charge in [0.25, 0.3) is 6.17 Å². The lowest BCUT2D eigenvalue weighted by Crippen LogP contribution is -1.98. The molecule has 75 valence electrons. The maximum Gasteiger partial charge on any atom is 0.403 e. The summed E-state index contributed by atoms with van der Waals surface area (Å²) >= 11 is 0. The van der Waals surface area contributed by atoms with Crippen molar-refractivity contribution < 1.29 is 9.53 Å². The molecule has 0 fully saturated rings. The van der Waals surface area contributed by atoms with Crippen molar-refractivity contribution >= 4 is 6.03 Å². The molecular weight excluding hydrogens is 196 g/mol. The summed E-state index contributed by atoms with van der Waals surface area (Å²) in [7, 11) is 1.58. The summed E-state index contributed by atoms with van der Waals surface area (Å²) in [6, 6.07) is 6.38. The van der Waals surface area contributed by atoms with Crippen molar-refractivity contribution in [1.29, 1.82) is 0 Å². The van der Waals surface area contributed by atoms with Crippen molar-refractivity contribution in [2.45, 2.75) is 0 Å². The van der Waals surface area contributed by atoms with Gasteiger partial charge in [-0.05, 0) is 12.1 Å². The molecule has 2 rings (SSSR count). The number of methoxy groups -OCH3 is 1. The fraction of sp³-hybridized carbons (Fsp3) is 0.111. The maximum atomic E-state index is 10.6. The summed E-state index contributed by atoms with van der Waals surface area (Å²) in [5.41, 5.74) is 0.732. The number of amides is 2. The van der Waals surface area contributed by atoms with E-state index < -0.39 is 6.03 Å². The number of benzene rings is 1. The van der Waals surface area contributed by atoms with Crippen LogP contribution in [0.25, 0.3) is 0 Å². The van der Waals surface area contributed by atoms with Crippen LogP contribution in [0.4, 0.5) is 4.79 Å². The predicted octanol–water partition coefficient (Wildman–Crippen LogP) is 2.57. The van der Waals surface area contributed by atoms with Crippen molar-refractivity contribution in [3.8, 4) is 5.75 Å². The molecule has 6 heteroatoms. The molecule has 0 bridgehead atoms. The third-order valence-corrected chi connectivity index (χ3v) is 1.81. The Bertz CT molecular complexity index is 408. The Morgan fingerprint density at radius 3 is 2.13 bits per heavy atom. The van der Waals surface area contributed by atoms with Crippen LogP contribution in [0, 0.1) is 6.17 Å². The topological polar surface area (TPSA) is 75.7 Å². The number of hydrogen-bond donors (Lipinski definition) is 0. The second-order valence-electron chi connectivity index (χ2n) is 2.73. The first-order chi connectivity index (χ1) is 7.29. The molecule has 0 N–H and O–H groups in total. The van der Waals surface area contributed by atoms with E-state index in [2.05, 4.69) is 20.5 Å². The zero-order valence-electron chi connectivity index (χ0n) is 7.91. The normalized spacial score (nSPS) is 15.7. The first-order valence-corrected chi connectivity index (χ1v) is 4.18. The van der Waals surface area contributed by atoms with Crippen LogP contribution in [-0.4, -0.2) is 13.1 Å². The summed E-state index contributed by atoms with van der Waals surface area (Å²) in [5.74, 6) is 0.736. The third kappa shape index (κ3) is 2.04. The lowest BCUT2D eigenvalue weighted by atomic mass is 10.2. The Balaban J connectivity index is 2.20. The molecule has 6 nitrogen and oxygen atoms in total. The average molecular weight is 203 g/mol. The number of ether oxygens (including phenoxy) is 1. The number of urea groups is 1. The van der Waals surface area contributed by atoms with E-state index >= 15 is 0 Å². The fourth-order valence-corrected chi connectivity index (χ4v) is 1.08. The first kappa shape index (κ1) is 9.45. The van der Waals surface area contributed by atoms with Gasteiger partial charge in [-0.1, -0.05) is 22.4 Å². The Morgan fingerprint density at radius 2 is 1.60 bits per heavy atom. The van der Waals surface area contributed by atoms with Crippen molar-refractivity contribution in [3.63, 3.8) is 0 Å². The molecule has 1 heterocycles. The molecule has 0 aromatic heterocycles. The van der Waals surface area contributed by atoms with Gasteiger partial charge < -0.3 is 4.74 Å². The fourth-order valence-electron chi connectivity index (χ4n) is 1.08. The van der Waals surface area contributed by atoms with Crippen LogP contribution in [0.5, 0.6) is 5.75 Å². The summed E-state index contributed by atoms with van der Waals surface area (Å²) < 4.78 is 5.00. The Kier molecular flexibility index (Phi) is 2.49. The third-order valence-electron chi connectivity index (χ3n) is 1.81. The number of carbonyl (C=O) groups excluding carboxylic acids is 1. The number of carbonyl (C=O) groups is 1. The van der Waals surface area contributed by atoms with Gasteiger partial charge in [0, 0.05) is 5.56 Å². The van der Waals surface area contributed by atoms with E-state index in [1.165, 1.54) is 0 Å². The summed E-state index contributed by atoms with van der Waals surface area (Å²) in [5, 5.41) is 13.8. The highest BCUT2D eigenvalue weighted by Gasteiger charge is 2.16. The standard InChI is InChI=1S/C9H7N4O2/c1-15-7-4-2-6(3-5-7)8-10-12-9(14)13-11-8/h2-5H,1H3. The van der Waals surface area contributed by atoms with E-state index in [1.54, 1.807) is 31.4 Å². The zero-order valence-corrected chi connectivity index (χ0v) is 7.91. The summed E-state index contributed by atoms with van der Waals surface area (Å²) in [6.45, 7) is 0. The quantitative estimate of drug-likeness (QED) is 0.740. The molecule has 1 aromatic carbocycles. The van der Waals surface area contributed by atoms with Gasteiger partial charge in [0.1, 0.15) is 5.75 Å². The molecule has 1 aliphatic rings. The van der Waals surface area contributed by atoms with Gasteiger partial charge in [-0.25, -0.2) is 4.79 Å². The van der Waals surface area contributed by atoms with E-state index in [9.17, 15) is 4.79 Å². The van der Waals surface area contributed by atoms with E-state index in [1.807, 2.05) is 0 Å². The smallest absolute Gasteiger partial charge is 0.403 e. The van der Waals surface area contributed by atoms with Gasteiger partial charge >= 0.3 is 6.03 Å². The minimum absolute atomic E-state index is 0.317. The Hall–Kier alpha value is -2.11. The maximum absolute atomic E-state index is 10.6. The minimum Gasteiger partial charge on any atom is -0.497 e. The second kappa shape index (κ2) is 3.95. The predicted molar refractivity (Wildman–Crippen MR) is 50.4 cm³/mol. The number of hydrogen-bond acceptors (Lipinski definition) is 4. The molecular formula is C9H7N4O2. The highest BCUT2D eigenvalue weighted by Crippen LogP contribution is 2.23. The van der Waals surface area contributed by atoms with Gasteiger partial charge in [-0.15, -0.1) is 10.2 Å². The highest BCUT2D eigenvalue weighted by molar-refractivity contribution is 5.75. The number of azo groups is 2. The van der Waals surface area contributed by atoms with Crippen molar-refractivity contribution in [2.24, 2.45) is 20.5 Å². The highest BCUT2D eigenvalue weighted by atomic mass is 16.5. The van der Waals surface area contributed by atoms with Crippen LogP contribution in [0.15, 0.2) is 44.7 Å². The SMILES string of the molecule is COc1ccc([C]2N=NC(=O)N=N2)cc1. The van der Waals surface area contributed by atoms with E-state index in [0.717, 1.165) is 11.3 Å². The Labute approximate surface area is 85.7 Å². The molecule has 0 saturated heterocycles. The van der Waals surface area contributed by atoms with Crippen LogP contribution in [0.2, 0.25) is 0 Å². The molecule has 15 heavy (non-hydrogen) atoms. The molecule has 0 saturated carbocycles. The first-order valence-electron chi connectivity index (χ1n) is 4.18. The number of rotatable bonds is 2. The van der Waals surface area contributed by atoms with Crippen molar-refractivity contribution in [3.05, 3.63) is 36.0 Å². The molecule has 0 unspecified atom stereocenters. The molecule has 1 aromatic rings. The van der Waals surface area contributed by atoms with Gasteiger partial charge in [0.15, 0.2) is 0 Å². The molecule has 1 aliphatic heterocycles. The van der Waals surface area contributed by atoms with Gasteiger partial charge in [-0.3, -0.25) is 0 Å². The monoisotopic (exact) mass is 203 g/mol. The summed E-state index contributed by atoms with van der Waals surface area (Å²) in [4.78, 5) is 10.6. The Morgan fingerprint density at radius 1 is 1.00 bits per heavy atom. The molecule has 0 atom stereocenters. The second-order valence-corrected chi connectivity index (χ2v) is 2.73. The zero-order chi connectivity index (χ0) is 10.7. The largest absolute Gasteiger partial charge is 0.497 e. The van der Waals surface area contributed by atoms with Gasteiger partial charge in [-0.2, -0.15) is 0 Å². The van der Waals surface area contributed by atoms with Gasteiger partial charge in [0.2, 0.25) is 0 Å². The van der Waals surface area contributed by atoms with Crippen LogP contribution in [0.1, 0.15) is 5.56 Å². The van der Waals surface area contributed by atoms with E-state index in [-0.39, 0.29) is 0 Å². The van der Waals surface area contributed by atoms with E-state index in [0.29, 0.717) is 6.17 Å². The molecule has 1 radical (unpaired) electrons. The average Bonchev–Trinajstić information content (AvgIpc) is 2.30. The molecule has 2 amide bonds. The van der Waals surface area contributed by atoms with Crippen LogP contribution in [0.3, 0.4) is 0 Å². The van der Waals surface area contributed by atoms with Crippen molar-refractivity contribution in [2.75, 3.05) is 7.11 Å². The summed E-state index contributed by atoms with van der Waals surface area (Å²) in [6.07, 6.45) is 0.317. The van der Waals surface area contributed by atoms with E-state index in [4.69, 9.17) is 4.74 Å². The lowest BCUT2D eigenvalue weighted by Gasteiger charge is -2.06. The molecule has 0 spiro atoms. The van der Waals surface area contributed by atoms with Crippen LogP contribution in [-0.2, 0) is 0 Å². The number of nitrogens with zero attached hydrogens (tertiary/aromatic N) is 4. The van der Waals surface area contributed by atoms with Crippen molar-refractivity contribution in [1.82, 2.24) is 0 Å². The van der Waals surface area contributed by atoms with Gasteiger partial charge in [0.05, 0.1) is 7.11 Å². The van der Waals surface area contributed by atoms with Crippen LogP contribution >= 0.6 is 0 Å². The molecule has 0 aliphatic carbocycles. The van der Waals surface area contributed by atoms with Crippen LogP contribution < -0.4 is 4.74 Å². The lowest BCUT2D eigenvalue weighted by molar-refractivity contribution is 0.253.